The highest BCUT2D eigenvalue weighted by Crippen LogP contribution is 2.36. The summed E-state index contributed by atoms with van der Waals surface area (Å²) in [5, 5.41) is 0. The molecule has 2 rings (SSSR count). The molecule has 0 amide bonds. The van der Waals surface area contributed by atoms with Crippen LogP contribution in [0, 0.1) is 11.8 Å². The molecule has 0 radical (unpaired) electrons. The molecule has 2 aliphatic rings. The van der Waals surface area contributed by atoms with Crippen molar-refractivity contribution in [1.82, 2.24) is 0 Å². The highest BCUT2D eigenvalue weighted by Gasteiger charge is 2.25. The molecule has 0 aromatic heterocycles. The average Bonchev–Trinajstić information content (AvgIpc) is 2.54. The first-order valence-electron chi connectivity index (χ1n) is 9.40. The van der Waals surface area contributed by atoms with E-state index >= 15 is 0 Å². The predicted octanol–water partition coefficient (Wildman–Crippen LogP) is 6.40. The van der Waals surface area contributed by atoms with Gasteiger partial charge in [0.25, 0.3) is 0 Å². The molecular weight excluding hydrogens is 256 g/mol. The van der Waals surface area contributed by atoms with Crippen molar-refractivity contribution in [2.75, 3.05) is 6.61 Å². The highest BCUT2D eigenvalue weighted by molar-refractivity contribution is 5.29. The van der Waals surface area contributed by atoms with Gasteiger partial charge in [-0.3, -0.25) is 0 Å². The zero-order valence-corrected chi connectivity index (χ0v) is 14.2. The average molecular weight is 290 g/mol. The van der Waals surface area contributed by atoms with Gasteiger partial charge in [0.15, 0.2) is 0 Å². The molecule has 0 saturated heterocycles. The van der Waals surface area contributed by atoms with Gasteiger partial charge in [0, 0.05) is 5.92 Å². The summed E-state index contributed by atoms with van der Waals surface area (Å²) in [5.41, 5.74) is 1.56. The number of hydrogen-bond donors (Lipinski definition) is 0. The topological polar surface area (TPSA) is 9.23 Å². The van der Waals surface area contributed by atoms with Crippen LogP contribution in [0.4, 0.5) is 0 Å². The molecule has 1 aliphatic carbocycles. The zero-order valence-electron chi connectivity index (χ0n) is 14.2. The molecular formula is C20H34O. The third-order valence-corrected chi connectivity index (χ3v) is 5.11. The van der Waals surface area contributed by atoms with E-state index in [4.69, 9.17) is 4.74 Å². The molecule has 0 saturated carbocycles. The van der Waals surface area contributed by atoms with Crippen molar-refractivity contribution in [3.8, 4) is 0 Å². The van der Waals surface area contributed by atoms with Crippen molar-refractivity contribution < 1.29 is 4.74 Å². The van der Waals surface area contributed by atoms with E-state index in [0.717, 1.165) is 12.5 Å². The molecule has 0 aromatic carbocycles. The minimum Gasteiger partial charge on any atom is -0.493 e. The van der Waals surface area contributed by atoms with E-state index in [0.29, 0.717) is 5.92 Å². The van der Waals surface area contributed by atoms with E-state index in [2.05, 4.69) is 26.0 Å². The Morgan fingerprint density at radius 2 is 1.52 bits per heavy atom. The summed E-state index contributed by atoms with van der Waals surface area (Å²) >= 11 is 0. The normalized spacial score (nSPS) is 27.7. The molecule has 0 bridgehead atoms. The molecule has 1 aliphatic heterocycles. The van der Waals surface area contributed by atoms with Crippen molar-refractivity contribution in [1.29, 1.82) is 0 Å². The fourth-order valence-electron chi connectivity index (χ4n) is 4.04. The molecule has 2 atom stereocenters. The Morgan fingerprint density at radius 3 is 2.24 bits per heavy atom. The first kappa shape index (κ1) is 16.6. The molecule has 120 valence electrons. The van der Waals surface area contributed by atoms with E-state index in [1.807, 2.05) is 0 Å². The lowest BCUT2D eigenvalue weighted by molar-refractivity contribution is 0.182. The fraction of sp³-hybridized carbons (Fsp3) is 0.800. The van der Waals surface area contributed by atoms with Crippen LogP contribution in [0.15, 0.2) is 23.5 Å². The lowest BCUT2D eigenvalue weighted by Crippen LogP contribution is -2.17. The Morgan fingerprint density at radius 1 is 0.905 bits per heavy atom. The maximum atomic E-state index is 6.19. The summed E-state index contributed by atoms with van der Waals surface area (Å²) in [6.45, 7) is 5.42. The van der Waals surface area contributed by atoms with Crippen LogP contribution in [0.25, 0.3) is 0 Å². The molecule has 1 heteroatoms. The van der Waals surface area contributed by atoms with Crippen molar-refractivity contribution in [3.05, 3.63) is 23.5 Å². The number of rotatable bonds is 4. The van der Waals surface area contributed by atoms with Crippen LogP contribution in [0.3, 0.4) is 0 Å². The quantitative estimate of drug-likeness (QED) is 0.581. The van der Waals surface area contributed by atoms with E-state index in [9.17, 15) is 0 Å². The van der Waals surface area contributed by atoms with Crippen molar-refractivity contribution in [2.45, 2.75) is 84.5 Å². The zero-order chi connectivity index (χ0) is 14.9. The summed E-state index contributed by atoms with van der Waals surface area (Å²) in [5.74, 6) is 2.78. The summed E-state index contributed by atoms with van der Waals surface area (Å²) in [4.78, 5) is 0. The van der Waals surface area contributed by atoms with Gasteiger partial charge in [0.05, 0.1) is 0 Å². The Kier molecular flexibility index (Phi) is 7.39. The minimum absolute atomic E-state index is 0.674. The van der Waals surface area contributed by atoms with Gasteiger partial charge in [-0.05, 0) is 43.3 Å². The molecule has 21 heavy (non-hydrogen) atoms. The summed E-state index contributed by atoms with van der Waals surface area (Å²) < 4.78 is 6.19. The standard InChI is InChI=1S/C20H34O/c1-3-11-17-13-8-6-5-7-9-14-18(12-4-2)20-19(17)15-10-16-21-20/h10,15,17-18H,3-9,11-14,16H2,1-2H3. The molecule has 1 nitrogen and oxygen atoms in total. The molecule has 0 fully saturated rings. The van der Waals surface area contributed by atoms with Gasteiger partial charge >= 0.3 is 0 Å². The SMILES string of the molecule is CCCC1CCCCCCCC(CCC)C2=C1C=CCO2. The minimum atomic E-state index is 0.674. The first-order valence-corrected chi connectivity index (χ1v) is 9.40. The van der Waals surface area contributed by atoms with Crippen LogP contribution >= 0.6 is 0 Å². The van der Waals surface area contributed by atoms with E-state index < -0.39 is 0 Å². The van der Waals surface area contributed by atoms with Gasteiger partial charge in [-0.25, -0.2) is 0 Å². The maximum absolute atomic E-state index is 6.19. The summed E-state index contributed by atoms with van der Waals surface area (Å²) in [7, 11) is 0. The number of hydrogen-bond acceptors (Lipinski definition) is 1. The number of allylic oxidation sites excluding steroid dienone is 3. The Labute approximate surface area is 131 Å². The third-order valence-electron chi connectivity index (χ3n) is 5.11. The Hall–Kier alpha value is -0.720. The van der Waals surface area contributed by atoms with Gasteiger partial charge in [-0.2, -0.15) is 0 Å². The van der Waals surface area contributed by atoms with Gasteiger partial charge < -0.3 is 4.74 Å². The summed E-state index contributed by atoms with van der Waals surface area (Å²) in [6, 6.07) is 0. The van der Waals surface area contributed by atoms with Crippen molar-refractivity contribution in [2.24, 2.45) is 11.8 Å². The maximum Gasteiger partial charge on any atom is 0.106 e. The lowest BCUT2D eigenvalue weighted by Gasteiger charge is -2.29. The Bertz CT molecular complexity index is 353. The lowest BCUT2D eigenvalue weighted by atomic mass is 9.83. The highest BCUT2D eigenvalue weighted by atomic mass is 16.5. The second kappa shape index (κ2) is 9.33. The van der Waals surface area contributed by atoms with Gasteiger partial charge in [-0.15, -0.1) is 0 Å². The molecule has 2 unspecified atom stereocenters. The predicted molar refractivity (Wildman–Crippen MR) is 91.2 cm³/mol. The monoisotopic (exact) mass is 290 g/mol. The van der Waals surface area contributed by atoms with Crippen LogP contribution < -0.4 is 0 Å². The smallest absolute Gasteiger partial charge is 0.106 e. The van der Waals surface area contributed by atoms with Gasteiger partial charge in [-0.1, -0.05) is 64.9 Å². The molecule has 0 spiro atoms. The van der Waals surface area contributed by atoms with E-state index in [1.165, 1.54) is 76.4 Å². The first-order chi connectivity index (χ1) is 10.4. The Balaban J connectivity index is 2.26. The van der Waals surface area contributed by atoms with Crippen LogP contribution in [0.1, 0.15) is 84.5 Å². The van der Waals surface area contributed by atoms with Crippen LogP contribution in [0.5, 0.6) is 0 Å². The van der Waals surface area contributed by atoms with Crippen LogP contribution in [-0.2, 0) is 4.74 Å². The van der Waals surface area contributed by atoms with E-state index in [1.54, 1.807) is 5.57 Å². The van der Waals surface area contributed by atoms with Gasteiger partial charge in [0.1, 0.15) is 12.4 Å². The summed E-state index contributed by atoms with van der Waals surface area (Å²) in [6.07, 6.45) is 19.5. The molecule has 1 heterocycles. The van der Waals surface area contributed by atoms with Gasteiger partial charge in [0.2, 0.25) is 0 Å². The second-order valence-corrected chi connectivity index (χ2v) is 6.85. The van der Waals surface area contributed by atoms with Crippen LogP contribution in [0.2, 0.25) is 0 Å². The van der Waals surface area contributed by atoms with Crippen LogP contribution in [-0.4, -0.2) is 6.61 Å². The third kappa shape index (κ3) is 4.90. The second-order valence-electron chi connectivity index (χ2n) is 6.85. The van der Waals surface area contributed by atoms with Crippen molar-refractivity contribution in [3.63, 3.8) is 0 Å². The fourth-order valence-corrected chi connectivity index (χ4v) is 4.04. The van der Waals surface area contributed by atoms with Crippen molar-refractivity contribution >= 4 is 0 Å². The molecule has 0 aromatic rings. The van der Waals surface area contributed by atoms with E-state index in [-0.39, 0.29) is 0 Å². The largest absolute Gasteiger partial charge is 0.493 e. The molecule has 0 N–H and O–H groups in total. The number of ether oxygens (including phenoxy) is 1.